The summed E-state index contributed by atoms with van der Waals surface area (Å²) in [5.41, 5.74) is 0.748. The zero-order valence-corrected chi connectivity index (χ0v) is 16.0. The van der Waals surface area contributed by atoms with Crippen molar-refractivity contribution < 1.29 is 9.59 Å². The first-order valence-corrected chi connectivity index (χ1v) is 9.82. The Kier molecular flexibility index (Phi) is 5.97. The van der Waals surface area contributed by atoms with Crippen LogP contribution < -0.4 is 5.32 Å². The van der Waals surface area contributed by atoms with Gasteiger partial charge in [-0.25, -0.2) is 4.79 Å². The molecule has 0 spiro atoms. The van der Waals surface area contributed by atoms with Gasteiger partial charge >= 0.3 is 6.03 Å². The molecule has 1 N–H and O–H groups in total. The SMILES string of the molecule is O=C(NC1CCCCC1)N1CCN(C(=O)c2ccccc2I)CC1. The Morgan fingerprint density at radius 3 is 2.25 bits per heavy atom. The van der Waals surface area contributed by atoms with Crippen LogP contribution in [0.25, 0.3) is 0 Å². The Balaban J connectivity index is 1.51. The average molecular weight is 441 g/mol. The molecular formula is C18H24IN3O2. The van der Waals surface area contributed by atoms with Crippen molar-refractivity contribution in [1.29, 1.82) is 0 Å². The molecule has 1 saturated heterocycles. The Morgan fingerprint density at radius 1 is 0.958 bits per heavy atom. The number of urea groups is 1. The minimum absolute atomic E-state index is 0.0308. The van der Waals surface area contributed by atoms with E-state index in [1.165, 1.54) is 19.3 Å². The number of hydrogen-bond acceptors (Lipinski definition) is 2. The van der Waals surface area contributed by atoms with E-state index in [2.05, 4.69) is 27.9 Å². The van der Waals surface area contributed by atoms with Crippen LogP contribution in [0.4, 0.5) is 4.79 Å². The van der Waals surface area contributed by atoms with Gasteiger partial charge in [-0.15, -0.1) is 0 Å². The van der Waals surface area contributed by atoms with Crippen molar-refractivity contribution in [3.63, 3.8) is 0 Å². The number of nitrogens with zero attached hydrogens (tertiary/aromatic N) is 2. The maximum atomic E-state index is 12.6. The predicted molar refractivity (Wildman–Crippen MR) is 102 cm³/mol. The first kappa shape index (κ1) is 17.5. The molecule has 0 atom stereocenters. The van der Waals surface area contributed by atoms with E-state index < -0.39 is 0 Å². The highest BCUT2D eigenvalue weighted by atomic mass is 127. The molecule has 0 radical (unpaired) electrons. The molecule has 2 aliphatic rings. The molecule has 1 aliphatic carbocycles. The third-order valence-corrected chi connectivity index (χ3v) is 5.83. The van der Waals surface area contributed by atoms with Crippen molar-refractivity contribution in [3.05, 3.63) is 33.4 Å². The van der Waals surface area contributed by atoms with Crippen molar-refractivity contribution in [2.75, 3.05) is 26.2 Å². The van der Waals surface area contributed by atoms with Crippen LogP contribution in [0.5, 0.6) is 0 Å². The fraction of sp³-hybridized carbons (Fsp3) is 0.556. The molecule has 1 aromatic carbocycles. The van der Waals surface area contributed by atoms with Gasteiger partial charge in [-0.05, 0) is 47.6 Å². The van der Waals surface area contributed by atoms with Crippen LogP contribution in [0.3, 0.4) is 0 Å². The smallest absolute Gasteiger partial charge is 0.317 e. The minimum Gasteiger partial charge on any atom is -0.335 e. The summed E-state index contributed by atoms with van der Waals surface area (Å²) in [4.78, 5) is 28.7. The molecule has 1 heterocycles. The van der Waals surface area contributed by atoms with E-state index in [0.717, 1.165) is 22.0 Å². The Hall–Kier alpha value is -1.31. The van der Waals surface area contributed by atoms with Gasteiger partial charge in [0, 0.05) is 35.8 Å². The number of rotatable bonds is 2. The molecule has 3 rings (SSSR count). The maximum Gasteiger partial charge on any atom is 0.317 e. The van der Waals surface area contributed by atoms with Gasteiger partial charge in [0.2, 0.25) is 0 Å². The van der Waals surface area contributed by atoms with E-state index in [9.17, 15) is 9.59 Å². The Morgan fingerprint density at radius 2 is 1.58 bits per heavy atom. The second-order valence-corrected chi connectivity index (χ2v) is 7.71. The Bertz CT molecular complexity index is 594. The van der Waals surface area contributed by atoms with E-state index in [-0.39, 0.29) is 11.9 Å². The molecular weight excluding hydrogens is 417 g/mol. The summed E-state index contributed by atoms with van der Waals surface area (Å²) in [7, 11) is 0. The lowest BCUT2D eigenvalue weighted by Crippen LogP contribution is -2.54. The summed E-state index contributed by atoms with van der Waals surface area (Å²) in [6.07, 6.45) is 5.89. The predicted octanol–water partition coefficient (Wildman–Crippen LogP) is 3.09. The number of hydrogen-bond donors (Lipinski definition) is 1. The van der Waals surface area contributed by atoms with Crippen LogP contribution in [0.1, 0.15) is 42.5 Å². The highest BCUT2D eigenvalue weighted by Crippen LogP contribution is 2.18. The van der Waals surface area contributed by atoms with E-state index in [0.29, 0.717) is 32.2 Å². The summed E-state index contributed by atoms with van der Waals surface area (Å²) < 4.78 is 0.970. The normalized spacial score (nSPS) is 19.2. The van der Waals surface area contributed by atoms with Crippen LogP contribution in [-0.4, -0.2) is 54.0 Å². The van der Waals surface area contributed by atoms with Gasteiger partial charge in [0.15, 0.2) is 0 Å². The lowest BCUT2D eigenvalue weighted by molar-refractivity contribution is 0.0661. The van der Waals surface area contributed by atoms with Gasteiger partial charge in [-0.3, -0.25) is 4.79 Å². The van der Waals surface area contributed by atoms with Crippen LogP contribution in [0.2, 0.25) is 0 Å². The lowest BCUT2D eigenvalue weighted by atomic mass is 9.96. The first-order valence-electron chi connectivity index (χ1n) is 8.74. The minimum atomic E-state index is 0.0308. The van der Waals surface area contributed by atoms with Crippen LogP contribution in [0, 0.1) is 3.57 Å². The second kappa shape index (κ2) is 8.18. The third kappa shape index (κ3) is 4.20. The first-order chi connectivity index (χ1) is 11.6. The zero-order chi connectivity index (χ0) is 16.9. The highest BCUT2D eigenvalue weighted by molar-refractivity contribution is 14.1. The highest BCUT2D eigenvalue weighted by Gasteiger charge is 2.27. The monoisotopic (exact) mass is 441 g/mol. The van der Waals surface area contributed by atoms with Crippen molar-refractivity contribution >= 4 is 34.5 Å². The molecule has 0 aromatic heterocycles. The van der Waals surface area contributed by atoms with Crippen LogP contribution >= 0.6 is 22.6 Å². The number of halogens is 1. The molecule has 130 valence electrons. The molecule has 1 saturated carbocycles. The number of piperazine rings is 1. The summed E-state index contributed by atoms with van der Waals surface area (Å²) >= 11 is 2.20. The molecule has 1 aromatic rings. The summed E-state index contributed by atoms with van der Waals surface area (Å²) in [5.74, 6) is 0.0624. The largest absolute Gasteiger partial charge is 0.335 e. The standard InChI is InChI=1S/C18H24IN3O2/c19-16-9-5-4-8-15(16)17(23)21-10-12-22(13-11-21)18(24)20-14-6-2-1-3-7-14/h4-5,8-9,14H,1-3,6-7,10-13H2,(H,20,24). The van der Waals surface area contributed by atoms with E-state index in [1.54, 1.807) is 0 Å². The van der Waals surface area contributed by atoms with Gasteiger partial charge in [0.05, 0.1) is 5.56 Å². The van der Waals surface area contributed by atoms with Crippen molar-refractivity contribution in [2.24, 2.45) is 0 Å². The fourth-order valence-electron chi connectivity index (χ4n) is 3.43. The molecule has 1 aliphatic heterocycles. The fourth-order valence-corrected chi connectivity index (χ4v) is 4.05. The maximum absolute atomic E-state index is 12.6. The average Bonchev–Trinajstić information content (AvgIpc) is 2.62. The number of carbonyl (C=O) groups is 2. The van der Waals surface area contributed by atoms with Crippen molar-refractivity contribution in [2.45, 2.75) is 38.1 Å². The zero-order valence-electron chi connectivity index (χ0n) is 13.8. The van der Waals surface area contributed by atoms with Crippen LogP contribution in [-0.2, 0) is 0 Å². The van der Waals surface area contributed by atoms with E-state index in [4.69, 9.17) is 0 Å². The van der Waals surface area contributed by atoms with Gasteiger partial charge in [-0.2, -0.15) is 0 Å². The molecule has 5 nitrogen and oxygen atoms in total. The van der Waals surface area contributed by atoms with Gasteiger partial charge in [0.1, 0.15) is 0 Å². The summed E-state index contributed by atoms with van der Waals surface area (Å²) in [5, 5.41) is 3.16. The topological polar surface area (TPSA) is 52.7 Å². The molecule has 24 heavy (non-hydrogen) atoms. The summed E-state index contributed by atoms with van der Waals surface area (Å²) in [6, 6.07) is 8.00. The Labute approximate surface area is 156 Å². The number of nitrogens with one attached hydrogen (secondary N) is 1. The van der Waals surface area contributed by atoms with Gasteiger partial charge in [0.25, 0.3) is 5.91 Å². The van der Waals surface area contributed by atoms with Crippen molar-refractivity contribution in [1.82, 2.24) is 15.1 Å². The molecule has 6 heteroatoms. The third-order valence-electron chi connectivity index (χ3n) is 4.89. The molecule has 0 bridgehead atoms. The second-order valence-electron chi connectivity index (χ2n) is 6.54. The van der Waals surface area contributed by atoms with E-state index >= 15 is 0 Å². The van der Waals surface area contributed by atoms with Crippen molar-refractivity contribution in [3.8, 4) is 0 Å². The molecule has 3 amide bonds. The van der Waals surface area contributed by atoms with Gasteiger partial charge in [-0.1, -0.05) is 31.4 Å². The van der Waals surface area contributed by atoms with Gasteiger partial charge < -0.3 is 15.1 Å². The number of amides is 3. The van der Waals surface area contributed by atoms with E-state index in [1.807, 2.05) is 34.1 Å². The number of benzene rings is 1. The summed E-state index contributed by atoms with van der Waals surface area (Å²) in [6.45, 7) is 2.41. The molecule has 2 fully saturated rings. The lowest BCUT2D eigenvalue weighted by Gasteiger charge is -2.36. The van der Waals surface area contributed by atoms with Crippen LogP contribution in [0.15, 0.2) is 24.3 Å². The number of carbonyl (C=O) groups excluding carboxylic acids is 2. The quantitative estimate of drug-likeness (QED) is 0.718. The molecule has 0 unspecified atom stereocenters.